The molecule has 0 aliphatic carbocycles. The van der Waals surface area contributed by atoms with Gasteiger partial charge in [0.1, 0.15) is 18.0 Å². The van der Waals surface area contributed by atoms with Gasteiger partial charge in [-0.15, -0.1) is 0 Å². The van der Waals surface area contributed by atoms with Gasteiger partial charge in [-0.1, -0.05) is 24.3 Å². The van der Waals surface area contributed by atoms with Crippen LogP contribution in [0, 0.1) is 19.7 Å². The van der Waals surface area contributed by atoms with Crippen molar-refractivity contribution in [2.75, 3.05) is 4.72 Å². The van der Waals surface area contributed by atoms with Gasteiger partial charge in [-0.2, -0.15) is 0 Å². The molecule has 0 atom stereocenters. The number of aryl methyl sites for hydroxylation is 2. The molecule has 34 heavy (non-hydrogen) atoms. The molecule has 0 saturated carbocycles. The molecule has 0 amide bonds. The molecular formula is C25H20FNO6S. The lowest BCUT2D eigenvalue weighted by molar-refractivity contribution is 0.0474. The summed E-state index contributed by atoms with van der Waals surface area (Å²) in [6.07, 6.45) is 0. The van der Waals surface area contributed by atoms with Crippen LogP contribution in [0.2, 0.25) is 0 Å². The van der Waals surface area contributed by atoms with Crippen LogP contribution in [0.4, 0.5) is 10.1 Å². The average molecular weight is 482 g/mol. The minimum Gasteiger partial charge on any atom is -0.457 e. The lowest BCUT2D eigenvalue weighted by Gasteiger charge is -2.12. The van der Waals surface area contributed by atoms with E-state index in [9.17, 15) is 22.4 Å². The lowest BCUT2D eigenvalue weighted by atomic mass is 10.1. The minimum atomic E-state index is -4.08. The molecule has 9 heteroatoms. The van der Waals surface area contributed by atoms with Gasteiger partial charge in [-0.3, -0.25) is 4.72 Å². The molecule has 7 nitrogen and oxygen atoms in total. The second-order valence-electron chi connectivity index (χ2n) is 7.76. The third kappa shape index (κ3) is 4.99. The predicted molar refractivity (Wildman–Crippen MR) is 125 cm³/mol. The van der Waals surface area contributed by atoms with Crippen molar-refractivity contribution in [3.05, 3.63) is 105 Å². The maximum Gasteiger partial charge on any atom is 0.338 e. The SMILES string of the molecule is Cc1ccc2c(COC(=O)c3cccc(NS(=O)(=O)c4cc(F)ccc4C)c3)cc(=O)oc2c1. The first-order valence-corrected chi connectivity index (χ1v) is 11.7. The number of carbonyl (C=O) groups is 1. The van der Waals surface area contributed by atoms with Crippen LogP contribution >= 0.6 is 0 Å². The van der Waals surface area contributed by atoms with Crippen LogP contribution in [-0.2, 0) is 21.4 Å². The van der Waals surface area contributed by atoms with E-state index in [1.165, 1.54) is 42.5 Å². The van der Waals surface area contributed by atoms with Crippen molar-refractivity contribution in [1.29, 1.82) is 0 Å². The Bertz CT molecular complexity index is 1580. The molecule has 0 unspecified atom stereocenters. The van der Waals surface area contributed by atoms with Crippen molar-refractivity contribution >= 4 is 32.6 Å². The minimum absolute atomic E-state index is 0.0966. The number of sulfonamides is 1. The molecule has 0 spiro atoms. The van der Waals surface area contributed by atoms with Crippen LogP contribution in [0.15, 0.2) is 80.8 Å². The maximum absolute atomic E-state index is 13.6. The Morgan fingerprint density at radius 3 is 2.62 bits per heavy atom. The number of hydrogen-bond donors (Lipinski definition) is 1. The summed E-state index contributed by atoms with van der Waals surface area (Å²) in [5.74, 6) is -1.39. The van der Waals surface area contributed by atoms with Gasteiger partial charge in [-0.25, -0.2) is 22.4 Å². The van der Waals surface area contributed by atoms with Crippen LogP contribution in [0.5, 0.6) is 0 Å². The summed E-state index contributed by atoms with van der Waals surface area (Å²) >= 11 is 0. The highest BCUT2D eigenvalue weighted by Gasteiger charge is 2.19. The molecule has 1 N–H and O–H groups in total. The molecule has 4 aromatic rings. The van der Waals surface area contributed by atoms with Gasteiger partial charge in [0.05, 0.1) is 10.5 Å². The first kappa shape index (κ1) is 23.2. The zero-order valence-corrected chi connectivity index (χ0v) is 19.1. The molecule has 1 aromatic heterocycles. The van der Waals surface area contributed by atoms with Crippen molar-refractivity contribution in [3.63, 3.8) is 0 Å². The Morgan fingerprint density at radius 2 is 1.82 bits per heavy atom. The molecule has 0 aliphatic rings. The molecule has 174 valence electrons. The number of carbonyl (C=O) groups excluding carboxylic acids is 1. The van der Waals surface area contributed by atoms with E-state index in [2.05, 4.69) is 4.72 Å². The topological polar surface area (TPSA) is 103 Å². The fourth-order valence-electron chi connectivity index (χ4n) is 3.47. The Hall–Kier alpha value is -3.98. The van der Waals surface area contributed by atoms with Crippen LogP contribution in [0.3, 0.4) is 0 Å². The van der Waals surface area contributed by atoms with Crippen LogP contribution in [-0.4, -0.2) is 14.4 Å². The summed E-state index contributed by atoms with van der Waals surface area (Å²) < 4.78 is 51.9. The average Bonchev–Trinajstić information content (AvgIpc) is 2.78. The zero-order valence-electron chi connectivity index (χ0n) is 18.3. The zero-order chi connectivity index (χ0) is 24.5. The van der Waals surface area contributed by atoms with Crippen molar-refractivity contribution in [2.45, 2.75) is 25.3 Å². The second-order valence-corrected chi connectivity index (χ2v) is 9.41. The van der Waals surface area contributed by atoms with Gasteiger partial charge in [-0.05, 0) is 61.4 Å². The Labute approximate surface area is 194 Å². The molecule has 0 bridgehead atoms. The standard InChI is InChI=1S/C25H20FNO6S/c1-15-6-9-21-18(12-24(28)33-22(21)10-15)14-32-25(29)17-4-3-5-20(11-17)27-34(30,31)23-13-19(26)8-7-16(23)2/h3-13,27H,14H2,1-2H3. The van der Waals surface area contributed by atoms with E-state index in [0.29, 0.717) is 22.1 Å². The van der Waals surface area contributed by atoms with E-state index in [1.54, 1.807) is 19.1 Å². The molecule has 4 rings (SSSR count). The van der Waals surface area contributed by atoms with Crippen molar-refractivity contribution in [1.82, 2.24) is 0 Å². The molecule has 0 saturated heterocycles. The molecule has 0 aliphatic heterocycles. The summed E-state index contributed by atoms with van der Waals surface area (Å²) in [4.78, 5) is 24.3. The van der Waals surface area contributed by atoms with Crippen molar-refractivity contribution in [3.8, 4) is 0 Å². The van der Waals surface area contributed by atoms with Gasteiger partial charge >= 0.3 is 11.6 Å². The van der Waals surface area contributed by atoms with Crippen molar-refractivity contribution in [2.24, 2.45) is 0 Å². The van der Waals surface area contributed by atoms with E-state index >= 15 is 0 Å². The normalized spacial score (nSPS) is 11.4. The van der Waals surface area contributed by atoms with Crippen LogP contribution < -0.4 is 10.3 Å². The van der Waals surface area contributed by atoms with Gasteiger partial charge < -0.3 is 9.15 Å². The van der Waals surface area contributed by atoms with E-state index in [-0.39, 0.29) is 22.8 Å². The highest BCUT2D eigenvalue weighted by molar-refractivity contribution is 7.92. The monoisotopic (exact) mass is 481 g/mol. The number of benzene rings is 3. The number of halogens is 1. The lowest BCUT2D eigenvalue weighted by Crippen LogP contribution is -2.15. The van der Waals surface area contributed by atoms with E-state index in [0.717, 1.165) is 11.6 Å². The summed E-state index contributed by atoms with van der Waals surface area (Å²) in [6, 6.07) is 15.8. The van der Waals surface area contributed by atoms with E-state index in [4.69, 9.17) is 9.15 Å². The smallest absolute Gasteiger partial charge is 0.338 e. The summed E-state index contributed by atoms with van der Waals surface area (Å²) in [6.45, 7) is 3.24. The first-order valence-electron chi connectivity index (χ1n) is 10.2. The van der Waals surface area contributed by atoms with Gasteiger partial charge in [0.25, 0.3) is 10.0 Å². The van der Waals surface area contributed by atoms with Crippen molar-refractivity contribution < 1.29 is 26.8 Å². The van der Waals surface area contributed by atoms with E-state index < -0.39 is 27.4 Å². The largest absolute Gasteiger partial charge is 0.457 e. The highest BCUT2D eigenvalue weighted by Crippen LogP contribution is 2.22. The van der Waals surface area contributed by atoms with Gasteiger partial charge in [0.2, 0.25) is 0 Å². The fraction of sp³-hybridized carbons (Fsp3) is 0.120. The first-order chi connectivity index (χ1) is 16.1. The molecule has 0 fully saturated rings. The third-order valence-corrected chi connectivity index (χ3v) is 6.66. The molecule has 1 heterocycles. The van der Waals surface area contributed by atoms with Crippen LogP contribution in [0.1, 0.15) is 27.0 Å². The number of esters is 1. The quantitative estimate of drug-likeness (QED) is 0.316. The summed E-state index contributed by atoms with van der Waals surface area (Å²) in [5.41, 5.74) is 1.81. The Kier molecular flexibility index (Phi) is 6.21. The Morgan fingerprint density at radius 1 is 1.03 bits per heavy atom. The Balaban J connectivity index is 1.53. The molecule has 3 aromatic carbocycles. The van der Waals surface area contributed by atoms with Crippen LogP contribution in [0.25, 0.3) is 11.0 Å². The molecular weight excluding hydrogens is 461 g/mol. The second kappa shape index (κ2) is 9.11. The summed E-state index contributed by atoms with van der Waals surface area (Å²) in [5, 5.41) is 0.643. The predicted octanol–water partition coefficient (Wildman–Crippen LogP) is 4.71. The fourth-order valence-corrected chi connectivity index (χ4v) is 4.77. The number of fused-ring (bicyclic) bond motifs is 1. The maximum atomic E-state index is 13.6. The number of anilines is 1. The summed E-state index contributed by atoms with van der Waals surface area (Å²) in [7, 11) is -4.08. The number of hydrogen-bond acceptors (Lipinski definition) is 6. The number of ether oxygens (including phenoxy) is 1. The number of nitrogens with one attached hydrogen (secondary N) is 1. The number of rotatable bonds is 6. The van der Waals surface area contributed by atoms with Gasteiger partial charge in [0, 0.05) is 22.7 Å². The highest BCUT2D eigenvalue weighted by atomic mass is 32.2. The third-order valence-electron chi connectivity index (χ3n) is 5.13. The molecule has 0 radical (unpaired) electrons. The van der Waals surface area contributed by atoms with Gasteiger partial charge in [0.15, 0.2) is 0 Å². The van der Waals surface area contributed by atoms with E-state index in [1.807, 2.05) is 13.0 Å².